The Morgan fingerprint density at radius 2 is 0.783 bits per heavy atom. The predicted octanol–water partition coefficient (Wildman–Crippen LogP) is 16.4. The maximum Gasteiger partial charge on any atom is 0.161 e. The summed E-state index contributed by atoms with van der Waals surface area (Å²) in [4.78, 5) is 11.2. The molecule has 12 aromatic rings. The first-order valence-corrected chi connectivity index (χ1v) is 21.9. The second kappa shape index (κ2) is 14.2. The van der Waals surface area contributed by atoms with Gasteiger partial charge in [-0.05, 0) is 74.5 Å². The summed E-state index contributed by atoms with van der Waals surface area (Å²) in [6, 6.07) is 74.4. The van der Waals surface area contributed by atoms with Crippen LogP contribution < -0.4 is 0 Å². The first kappa shape index (κ1) is 34.8. The monoisotopic (exact) mass is 798 g/mol. The zero-order chi connectivity index (χ0) is 39.6. The van der Waals surface area contributed by atoms with Gasteiger partial charge in [-0.1, -0.05) is 176 Å². The third kappa shape index (κ3) is 5.76. The number of rotatable bonds is 6. The molecule has 2 nitrogen and oxygen atoms in total. The van der Waals surface area contributed by atoms with E-state index in [1.54, 1.807) is 0 Å². The van der Waals surface area contributed by atoms with Gasteiger partial charge in [0.2, 0.25) is 0 Å². The lowest BCUT2D eigenvalue weighted by Gasteiger charge is -2.18. The second-order valence-electron chi connectivity index (χ2n) is 15.2. The van der Waals surface area contributed by atoms with Crippen LogP contribution in [0.2, 0.25) is 0 Å². The van der Waals surface area contributed by atoms with Gasteiger partial charge in [0, 0.05) is 57.0 Å². The van der Waals surface area contributed by atoms with E-state index in [1.165, 1.54) is 56.7 Å². The van der Waals surface area contributed by atoms with Gasteiger partial charge >= 0.3 is 0 Å². The van der Waals surface area contributed by atoms with Crippen LogP contribution in [0.25, 0.3) is 118 Å². The van der Waals surface area contributed by atoms with Crippen LogP contribution in [-0.4, -0.2) is 9.97 Å². The summed E-state index contributed by atoms with van der Waals surface area (Å²) in [6.07, 6.45) is 0. The van der Waals surface area contributed by atoms with Gasteiger partial charge in [0.15, 0.2) is 5.82 Å². The van der Waals surface area contributed by atoms with E-state index < -0.39 is 0 Å². The molecule has 0 N–H and O–H groups in total. The summed E-state index contributed by atoms with van der Waals surface area (Å²) in [7, 11) is 0. The van der Waals surface area contributed by atoms with Crippen molar-refractivity contribution < 1.29 is 0 Å². The van der Waals surface area contributed by atoms with Gasteiger partial charge in [0.25, 0.3) is 0 Å². The van der Waals surface area contributed by atoms with Crippen LogP contribution in [-0.2, 0) is 0 Å². The molecule has 0 radical (unpaired) electrons. The van der Waals surface area contributed by atoms with E-state index in [1.807, 2.05) is 22.7 Å². The molecule has 60 heavy (non-hydrogen) atoms. The van der Waals surface area contributed by atoms with Gasteiger partial charge in [-0.3, -0.25) is 0 Å². The SMILES string of the molecule is c1ccc(-c2ccccc2-c2cc(-c3cccc4ccccc34)ccc2-c2nc(-c3cccc4c3sc3ccccc34)cc(-c3cccc4c3sc3ccccc34)n2)cc1. The number of benzene rings is 9. The molecule has 280 valence electrons. The molecule has 0 saturated heterocycles. The summed E-state index contributed by atoms with van der Waals surface area (Å²) in [5, 5.41) is 7.48. The van der Waals surface area contributed by atoms with Gasteiger partial charge < -0.3 is 0 Å². The average molecular weight is 799 g/mol. The third-order valence-corrected chi connectivity index (χ3v) is 14.2. The number of fused-ring (bicyclic) bond motifs is 7. The maximum atomic E-state index is 5.58. The summed E-state index contributed by atoms with van der Waals surface area (Å²) in [5.41, 5.74) is 11.9. The molecule has 0 atom stereocenters. The van der Waals surface area contributed by atoms with Crippen LogP contribution in [0.4, 0.5) is 0 Å². The lowest BCUT2D eigenvalue weighted by molar-refractivity contribution is 1.19. The molecule has 0 amide bonds. The smallest absolute Gasteiger partial charge is 0.161 e. The summed E-state index contributed by atoms with van der Waals surface area (Å²) >= 11 is 3.67. The predicted molar refractivity (Wildman–Crippen MR) is 258 cm³/mol. The first-order valence-electron chi connectivity index (χ1n) is 20.2. The lowest BCUT2D eigenvalue weighted by Crippen LogP contribution is -1.99. The average Bonchev–Trinajstić information content (AvgIpc) is 3.90. The highest BCUT2D eigenvalue weighted by molar-refractivity contribution is 7.26. The zero-order valence-corrected chi connectivity index (χ0v) is 34.0. The molecule has 0 aliphatic heterocycles. The molecule has 4 heteroatoms. The fourth-order valence-corrected chi connectivity index (χ4v) is 11.4. The lowest BCUT2D eigenvalue weighted by atomic mass is 9.88. The number of aromatic nitrogens is 2. The van der Waals surface area contributed by atoms with Gasteiger partial charge in [-0.15, -0.1) is 22.7 Å². The Balaban J connectivity index is 1.16. The van der Waals surface area contributed by atoms with Crippen molar-refractivity contribution in [3.63, 3.8) is 0 Å². The van der Waals surface area contributed by atoms with Crippen LogP contribution >= 0.6 is 22.7 Å². The minimum atomic E-state index is 0.695. The van der Waals surface area contributed by atoms with Crippen molar-refractivity contribution in [1.82, 2.24) is 9.97 Å². The van der Waals surface area contributed by atoms with Crippen molar-refractivity contribution in [3.8, 4) is 67.3 Å². The number of hydrogen-bond donors (Lipinski definition) is 0. The molecule has 0 fully saturated rings. The van der Waals surface area contributed by atoms with Crippen molar-refractivity contribution >= 4 is 73.8 Å². The highest BCUT2D eigenvalue weighted by Crippen LogP contribution is 2.45. The van der Waals surface area contributed by atoms with Crippen LogP contribution in [0.5, 0.6) is 0 Å². The Hall–Kier alpha value is -7.24. The van der Waals surface area contributed by atoms with E-state index in [9.17, 15) is 0 Å². The van der Waals surface area contributed by atoms with Gasteiger partial charge in [-0.25, -0.2) is 9.97 Å². The minimum Gasteiger partial charge on any atom is -0.228 e. The van der Waals surface area contributed by atoms with Crippen LogP contribution in [0.15, 0.2) is 206 Å². The van der Waals surface area contributed by atoms with Crippen molar-refractivity contribution in [1.29, 1.82) is 0 Å². The number of thiophene rings is 2. The Kier molecular flexibility index (Phi) is 8.25. The Labute approximate surface area is 355 Å². The molecule has 0 unspecified atom stereocenters. The molecule has 12 rings (SSSR count). The molecule has 9 aromatic carbocycles. The molecule has 0 aliphatic rings. The fraction of sp³-hybridized carbons (Fsp3) is 0. The van der Waals surface area contributed by atoms with Gasteiger partial charge in [0.05, 0.1) is 11.4 Å². The van der Waals surface area contributed by atoms with Crippen molar-refractivity contribution in [2.75, 3.05) is 0 Å². The van der Waals surface area contributed by atoms with E-state index >= 15 is 0 Å². The molecule has 0 saturated carbocycles. The Bertz CT molecular complexity index is 3480. The highest BCUT2D eigenvalue weighted by atomic mass is 32.1. The van der Waals surface area contributed by atoms with Crippen molar-refractivity contribution in [2.45, 2.75) is 0 Å². The zero-order valence-electron chi connectivity index (χ0n) is 32.3. The normalized spacial score (nSPS) is 11.7. The molecule has 0 aliphatic carbocycles. The van der Waals surface area contributed by atoms with Crippen LogP contribution in [0.3, 0.4) is 0 Å². The van der Waals surface area contributed by atoms with Crippen LogP contribution in [0.1, 0.15) is 0 Å². The van der Waals surface area contributed by atoms with E-state index in [2.05, 4.69) is 206 Å². The second-order valence-corrected chi connectivity index (χ2v) is 17.3. The van der Waals surface area contributed by atoms with E-state index in [-0.39, 0.29) is 0 Å². The summed E-state index contributed by atoms with van der Waals surface area (Å²) < 4.78 is 5.01. The molecule has 3 aromatic heterocycles. The molecule has 0 spiro atoms. The third-order valence-electron chi connectivity index (χ3n) is 11.7. The fourth-order valence-electron chi connectivity index (χ4n) is 8.94. The van der Waals surface area contributed by atoms with E-state index in [0.29, 0.717) is 5.82 Å². The molecule has 3 heterocycles. The maximum absolute atomic E-state index is 5.58. The summed E-state index contributed by atoms with van der Waals surface area (Å²) in [6.45, 7) is 0. The van der Waals surface area contributed by atoms with Crippen molar-refractivity contribution in [3.05, 3.63) is 206 Å². The van der Waals surface area contributed by atoms with Gasteiger partial charge in [0.1, 0.15) is 0 Å². The first-order chi connectivity index (χ1) is 29.7. The van der Waals surface area contributed by atoms with Crippen molar-refractivity contribution in [2.24, 2.45) is 0 Å². The quantitative estimate of drug-likeness (QED) is 0.167. The standard InChI is InChI=1S/C56H34N2S2/c1-2-15-35(16-3-1)39-20-6-7-21-41(39)49-33-37(40-24-12-18-36-17-4-5-19-38(36)40)31-32-46(49)56-57-50(47-27-13-25-44-42-22-8-10-29-52(42)59-54(44)47)34-51(58-56)48-28-14-26-45-43-23-9-11-30-53(43)60-55(45)48/h1-34H. The largest absolute Gasteiger partial charge is 0.228 e. The number of nitrogens with zero attached hydrogens (tertiary/aromatic N) is 2. The van der Waals surface area contributed by atoms with E-state index in [4.69, 9.17) is 9.97 Å². The molecular weight excluding hydrogens is 765 g/mol. The summed E-state index contributed by atoms with van der Waals surface area (Å²) in [5.74, 6) is 0.695. The highest BCUT2D eigenvalue weighted by Gasteiger charge is 2.21. The molecule has 0 bridgehead atoms. The van der Waals surface area contributed by atoms with Crippen LogP contribution in [0, 0.1) is 0 Å². The molecular formula is C56H34N2S2. The topological polar surface area (TPSA) is 25.8 Å². The Morgan fingerprint density at radius 1 is 0.283 bits per heavy atom. The minimum absolute atomic E-state index is 0.695. The Morgan fingerprint density at radius 3 is 1.47 bits per heavy atom. The van der Waals surface area contributed by atoms with Gasteiger partial charge in [-0.2, -0.15) is 0 Å². The number of hydrogen-bond acceptors (Lipinski definition) is 4. The van der Waals surface area contributed by atoms with E-state index in [0.717, 1.165) is 55.9 Å².